The first-order valence-corrected chi connectivity index (χ1v) is 9.33. The third kappa shape index (κ3) is 3.35. The van der Waals surface area contributed by atoms with E-state index in [9.17, 15) is 15.3 Å². The van der Waals surface area contributed by atoms with E-state index in [0.717, 1.165) is 0 Å². The number of hydrogen-bond acceptors (Lipinski definition) is 8. The zero-order chi connectivity index (χ0) is 20.8. The van der Waals surface area contributed by atoms with Crippen molar-refractivity contribution in [3.63, 3.8) is 0 Å². The lowest BCUT2D eigenvalue weighted by molar-refractivity contribution is -0.135. The zero-order valence-corrected chi connectivity index (χ0v) is 16.5. The molecule has 0 bridgehead atoms. The quantitative estimate of drug-likeness (QED) is 0.459. The predicted molar refractivity (Wildman–Crippen MR) is 105 cm³/mol. The highest BCUT2D eigenvalue weighted by Gasteiger charge is 2.52. The van der Waals surface area contributed by atoms with Crippen LogP contribution in [0.5, 0.6) is 0 Å². The van der Waals surface area contributed by atoms with Crippen molar-refractivity contribution >= 4 is 28.5 Å². The van der Waals surface area contributed by atoms with E-state index in [4.69, 9.17) is 21.2 Å². The van der Waals surface area contributed by atoms with Crippen molar-refractivity contribution in [2.75, 3.05) is 12.6 Å². The highest BCUT2D eigenvalue weighted by atomic mass is 35.5. The second-order valence-electron chi connectivity index (χ2n) is 7.07. The lowest BCUT2D eigenvalue weighted by Crippen LogP contribution is -2.45. The Morgan fingerprint density at radius 2 is 1.90 bits per heavy atom. The summed E-state index contributed by atoms with van der Waals surface area (Å²) in [6.45, 7) is 1.52. The molecule has 3 heterocycles. The van der Waals surface area contributed by atoms with Gasteiger partial charge in [-0.15, -0.1) is 0 Å². The van der Waals surface area contributed by atoms with Crippen LogP contribution in [0.3, 0.4) is 0 Å². The van der Waals surface area contributed by atoms with Gasteiger partial charge in [-0.05, 0) is 30.7 Å². The lowest BCUT2D eigenvalue weighted by Gasteiger charge is -2.32. The normalized spacial score (nSPS) is 26.6. The summed E-state index contributed by atoms with van der Waals surface area (Å²) in [5, 5.41) is 33.6. The molecule has 154 valence electrons. The monoisotopic (exact) mass is 420 g/mol. The smallest absolute Gasteiger partial charge is 0.164 e. The second kappa shape index (κ2) is 7.52. The van der Waals surface area contributed by atoms with Crippen LogP contribution in [0.4, 0.5) is 5.82 Å². The molecular weight excluding hydrogens is 400 g/mol. The Balaban J connectivity index is 1.68. The SMILES string of the molecule is CONc1ncnc2c1ccn2[C@@H]1OC(C(C)(O)c2ccc(Cl)cc2)[C@@H](O)[C@H]1O. The van der Waals surface area contributed by atoms with Crippen molar-refractivity contribution in [3.8, 4) is 0 Å². The summed E-state index contributed by atoms with van der Waals surface area (Å²) in [5.41, 5.74) is 2.08. The fourth-order valence-electron chi connectivity index (χ4n) is 3.66. The highest BCUT2D eigenvalue weighted by molar-refractivity contribution is 6.30. The number of aromatic nitrogens is 3. The van der Waals surface area contributed by atoms with Gasteiger partial charge in [0.1, 0.15) is 35.9 Å². The third-order valence-electron chi connectivity index (χ3n) is 5.20. The van der Waals surface area contributed by atoms with Crippen molar-refractivity contribution in [1.29, 1.82) is 0 Å². The van der Waals surface area contributed by atoms with Crippen LogP contribution in [0.15, 0.2) is 42.9 Å². The molecule has 0 saturated carbocycles. The maximum Gasteiger partial charge on any atom is 0.164 e. The summed E-state index contributed by atoms with van der Waals surface area (Å²) in [6, 6.07) is 8.32. The zero-order valence-electron chi connectivity index (χ0n) is 15.7. The number of aliphatic hydroxyl groups is 3. The van der Waals surface area contributed by atoms with Crippen LogP contribution >= 0.6 is 11.6 Å². The van der Waals surface area contributed by atoms with Gasteiger partial charge in [-0.2, -0.15) is 0 Å². The van der Waals surface area contributed by atoms with E-state index in [2.05, 4.69) is 15.4 Å². The molecule has 2 unspecified atom stereocenters. The number of nitrogens with zero attached hydrogens (tertiary/aromatic N) is 3. The van der Waals surface area contributed by atoms with Gasteiger partial charge in [0.25, 0.3) is 0 Å². The van der Waals surface area contributed by atoms with E-state index in [0.29, 0.717) is 27.4 Å². The van der Waals surface area contributed by atoms with Crippen molar-refractivity contribution in [3.05, 3.63) is 53.4 Å². The number of aliphatic hydroxyl groups excluding tert-OH is 2. The molecule has 4 rings (SSSR count). The van der Waals surface area contributed by atoms with Gasteiger partial charge in [0.05, 0.1) is 12.5 Å². The maximum absolute atomic E-state index is 11.1. The number of fused-ring (bicyclic) bond motifs is 1. The first-order chi connectivity index (χ1) is 13.8. The fraction of sp³-hybridized carbons (Fsp3) is 0.368. The third-order valence-corrected chi connectivity index (χ3v) is 5.46. The molecule has 1 fully saturated rings. The molecule has 2 aromatic heterocycles. The molecule has 29 heavy (non-hydrogen) atoms. The van der Waals surface area contributed by atoms with E-state index >= 15 is 0 Å². The molecular formula is C19H21ClN4O5. The van der Waals surface area contributed by atoms with Gasteiger partial charge in [-0.1, -0.05) is 23.7 Å². The minimum absolute atomic E-state index is 0.453. The van der Waals surface area contributed by atoms with Gasteiger partial charge in [0, 0.05) is 11.2 Å². The molecule has 0 amide bonds. The number of hydrogen-bond donors (Lipinski definition) is 4. The van der Waals surface area contributed by atoms with Crippen LogP contribution in [0.25, 0.3) is 11.0 Å². The Kier molecular flexibility index (Phi) is 5.19. The van der Waals surface area contributed by atoms with Crippen LogP contribution in [0.2, 0.25) is 5.02 Å². The Morgan fingerprint density at radius 1 is 1.17 bits per heavy atom. The lowest BCUT2D eigenvalue weighted by atomic mass is 9.87. The summed E-state index contributed by atoms with van der Waals surface area (Å²) in [5.74, 6) is 0.453. The topological polar surface area (TPSA) is 122 Å². The molecule has 1 aliphatic rings. The summed E-state index contributed by atoms with van der Waals surface area (Å²) in [6.07, 6.45) is -1.65. The van der Waals surface area contributed by atoms with Crippen LogP contribution in [0.1, 0.15) is 18.7 Å². The van der Waals surface area contributed by atoms with Crippen molar-refractivity contribution in [2.45, 2.75) is 37.1 Å². The van der Waals surface area contributed by atoms with Crippen molar-refractivity contribution in [2.24, 2.45) is 0 Å². The first-order valence-electron chi connectivity index (χ1n) is 8.95. The van der Waals surface area contributed by atoms with Crippen LogP contribution in [0, 0.1) is 0 Å². The van der Waals surface area contributed by atoms with Gasteiger partial charge >= 0.3 is 0 Å². The van der Waals surface area contributed by atoms with Gasteiger partial charge < -0.3 is 24.6 Å². The molecule has 4 N–H and O–H groups in total. The number of ether oxygens (including phenoxy) is 1. The molecule has 1 aliphatic heterocycles. The number of rotatable bonds is 5. The largest absolute Gasteiger partial charge is 0.387 e. The Morgan fingerprint density at radius 3 is 2.59 bits per heavy atom. The van der Waals surface area contributed by atoms with Gasteiger partial charge in [-0.3, -0.25) is 4.84 Å². The van der Waals surface area contributed by atoms with E-state index in [1.165, 1.54) is 20.4 Å². The molecule has 3 aromatic rings. The molecule has 9 nitrogen and oxygen atoms in total. The Hall–Kier alpha value is -2.27. The van der Waals surface area contributed by atoms with Gasteiger partial charge in [0.15, 0.2) is 12.0 Å². The summed E-state index contributed by atoms with van der Waals surface area (Å²) >= 11 is 5.92. The maximum atomic E-state index is 11.1. The van der Waals surface area contributed by atoms with Crippen LogP contribution < -0.4 is 5.48 Å². The fourth-order valence-corrected chi connectivity index (χ4v) is 3.79. The number of halogens is 1. The molecule has 5 atom stereocenters. The number of benzene rings is 1. The summed E-state index contributed by atoms with van der Waals surface area (Å²) in [4.78, 5) is 13.3. The summed E-state index contributed by atoms with van der Waals surface area (Å²) < 4.78 is 7.54. The molecule has 0 aliphatic carbocycles. The summed E-state index contributed by atoms with van der Waals surface area (Å²) in [7, 11) is 1.47. The molecule has 0 spiro atoms. The average molecular weight is 421 g/mol. The van der Waals surface area contributed by atoms with Gasteiger partial charge in [0.2, 0.25) is 0 Å². The number of nitrogens with one attached hydrogen (secondary N) is 1. The Labute approximate surface area is 171 Å². The highest BCUT2D eigenvalue weighted by Crippen LogP contribution is 2.40. The Bertz CT molecular complexity index is 1010. The molecule has 1 saturated heterocycles. The van der Waals surface area contributed by atoms with E-state index in [1.54, 1.807) is 41.1 Å². The minimum Gasteiger partial charge on any atom is -0.387 e. The minimum atomic E-state index is -1.57. The van der Waals surface area contributed by atoms with Crippen LogP contribution in [-0.2, 0) is 15.2 Å². The van der Waals surface area contributed by atoms with Crippen molar-refractivity contribution < 1.29 is 24.9 Å². The predicted octanol–water partition coefficient (Wildman–Crippen LogP) is 1.58. The molecule has 1 aromatic carbocycles. The number of anilines is 1. The molecule has 0 radical (unpaired) electrons. The van der Waals surface area contributed by atoms with Crippen LogP contribution in [-0.4, -0.2) is 55.3 Å². The van der Waals surface area contributed by atoms with Crippen molar-refractivity contribution in [1.82, 2.24) is 14.5 Å². The molecule has 10 heteroatoms. The van der Waals surface area contributed by atoms with E-state index in [-0.39, 0.29) is 0 Å². The first kappa shape index (κ1) is 20.0. The van der Waals surface area contributed by atoms with E-state index < -0.39 is 30.1 Å². The van der Waals surface area contributed by atoms with E-state index in [1.807, 2.05) is 0 Å². The van der Waals surface area contributed by atoms with Gasteiger partial charge in [-0.25, -0.2) is 15.4 Å². The second-order valence-corrected chi connectivity index (χ2v) is 7.51. The standard InChI is InChI=1S/C19H21ClN4O5/c1-19(27,10-3-5-11(20)6-4-10)15-13(25)14(26)18(29-15)24-8-7-12-16(23-28-2)21-9-22-17(12)24/h3-9,13-15,18,25-27H,1-2H3,(H,21,22,23)/t13-,14+,15?,18+,19?/m0/s1. The average Bonchev–Trinajstić information content (AvgIpc) is 3.25.